The average Bonchev–Trinajstić information content (AvgIpc) is 2.57. The molecule has 0 aromatic heterocycles. The minimum Gasteiger partial charge on any atom is -0.497 e. The van der Waals surface area contributed by atoms with Crippen LogP contribution >= 0.6 is 0 Å². The van der Waals surface area contributed by atoms with Crippen LogP contribution in [0.5, 0.6) is 5.75 Å². The van der Waals surface area contributed by atoms with Gasteiger partial charge in [0, 0.05) is 12.5 Å². The van der Waals surface area contributed by atoms with Gasteiger partial charge in [-0.05, 0) is 37.5 Å². The fourth-order valence-corrected chi connectivity index (χ4v) is 3.40. The van der Waals surface area contributed by atoms with Gasteiger partial charge in [-0.2, -0.15) is 0 Å². The Morgan fingerprint density at radius 2 is 1.82 bits per heavy atom. The Kier molecular flexibility index (Phi) is 6.68. The highest BCUT2D eigenvalue weighted by atomic mass is 16.7. The van der Waals surface area contributed by atoms with Crippen molar-refractivity contribution in [3.63, 3.8) is 0 Å². The van der Waals surface area contributed by atoms with E-state index in [-0.39, 0.29) is 18.1 Å². The molecule has 0 amide bonds. The first kappa shape index (κ1) is 17.3. The van der Waals surface area contributed by atoms with E-state index in [9.17, 15) is 5.11 Å². The predicted molar refractivity (Wildman–Crippen MR) is 86.2 cm³/mol. The van der Waals surface area contributed by atoms with E-state index in [0.717, 1.165) is 37.0 Å². The number of ether oxygens (including phenoxy) is 3. The van der Waals surface area contributed by atoms with Crippen molar-refractivity contribution in [2.45, 2.75) is 50.5 Å². The first-order valence-electron chi connectivity index (χ1n) is 8.22. The van der Waals surface area contributed by atoms with Gasteiger partial charge in [-0.25, -0.2) is 0 Å². The lowest BCUT2D eigenvalue weighted by Crippen LogP contribution is -2.43. The van der Waals surface area contributed by atoms with Gasteiger partial charge in [0.2, 0.25) is 0 Å². The second kappa shape index (κ2) is 8.51. The van der Waals surface area contributed by atoms with Crippen molar-refractivity contribution in [2.75, 3.05) is 27.1 Å². The molecular weight excluding hydrogens is 280 g/mol. The van der Waals surface area contributed by atoms with Crippen molar-refractivity contribution >= 4 is 0 Å². The first-order chi connectivity index (χ1) is 10.8. The van der Waals surface area contributed by atoms with Gasteiger partial charge in [-0.15, -0.1) is 0 Å². The van der Waals surface area contributed by atoms with Gasteiger partial charge in [-0.1, -0.05) is 31.4 Å². The minimum atomic E-state index is -0.323. The smallest absolute Gasteiger partial charge is 0.147 e. The molecule has 1 aromatic rings. The average molecular weight is 308 g/mol. The molecule has 1 aliphatic rings. The highest BCUT2D eigenvalue weighted by molar-refractivity contribution is 5.31. The molecule has 124 valence electrons. The zero-order valence-electron chi connectivity index (χ0n) is 13.7. The third-order valence-electron chi connectivity index (χ3n) is 4.67. The summed E-state index contributed by atoms with van der Waals surface area (Å²) in [5.74, 6) is 0.799. The Labute approximate surface area is 133 Å². The third kappa shape index (κ3) is 4.00. The molecule has 4 nitrogen and oxygen atoms in total. The van der Waals surface area contributed by atoms with Crippen LogP contribution in [0.3, 0.4) is 0 Å². The van der Waals surface area contributed by atoms with Crippen LogP contribution in [-0.4, -0.2) is 37.8 Å². The number of aliphatic hydroxyl groups is 1. The van der Waals surface area contributed by atoms with E-state index < -0.39 is 0 Å². The van der Waals surface area contributed by atoms with Crippen molar-refractivity contribution < 1.29 is 19.3 Å². The molecule has 0 saturated heterocycles. The number of benzene rings is 1. The molecule has 4 heteroatoms. The van der Waals surface area contributed by atoms with E-state index in [1.807, 2.05) is 31.2 Å². The topological polar surface area (TPSA) is 47.9 Å². The molecule has 0 aliphatic heterocycles. The van der Waals surface area contributed by atoms with Crippen molar-refractivity contribution in [2.24, 2.45) is 0 Å². The largest absolute Gasteiger partial charge is 0.497 e. The lowest BCUT2D eigenvalue weighted by molar-refractivity contribution is -0.169. The van der Waals surface area contributed by atoms with E-state index >= 15 is 0 Å². The maximum Gasteiger partial charge on any atom is 0.147 e. The van der Waals surface area contributed by atoms with Crippen molar-refractivity contribution in [3.8, 4) is 5.75 Å². The SMILES string of the molecule is CCOCOC1([C@H](CO)c2ccc(OC)cc2)CCCCC1. The van der Waals surface area contributed by atoms with Crippen LogP contribution in [-0.2, 0) is 9.47 Å². The fourth-order valence-electron chi connectivity index (χ4n) is 3.40. The van der Waals surface area contributed by atoms with Crippen LogP contribution in [0.2, 0.25) is 0 Å². The highest BCUT2D eigenvalue weighted by Crippen LogP contribution is 2.43. The second-order valence-corrected chi connectivity index (χ2v) is 5.89. The van der Waals surface area contributed by atoms with Gasteiger partial charge in [0.1, 0.15) is 12.5 Å². The Hall–Kier alpha value is -1.10. The molecule has 0 spiro atoms. The second-order valence-electron chi connectivity index (χ2n) is 5.89. The quantitative estimate of drug-likeness (QED) is 0.590. The monoisotopic (exact) mass is 308 g/mol. The van der Waals surface area contributed by atoms with Gasteiger partial charge in [0.15, 0.2) is 0 Å². The van der Waals surface area contributed by atoms with E-state index in [2.05, 4.69) is 0 Å². The summed E-state index contributed by atoms with van der Waals surface area (Å²) < 4.78 is 16.8. The van der Waals surface area contributed by atoms with Gasteiger partial charge in [0.05, 0.1) is 19.3 Å². The lowest BCUT2D eigenvalue weighted by Gasteiger charge is -2.43. The summed E-state index contributed by atoms with van der Waals surface area (Å²) in [6.07, 6.45) is 5.45. The number of rotatable bonds is 8. The molecular formula is C18H28O4. The molecule has 22 heavy (non-hydrogen) atoms. The summed E-state index contributed by atoms with van der Waals surface area (Å²) in [5.41, 5.74) is 0.776. The van der Waals surface area contributed by atoms with Gasteiger partial charge in [-0.3, -0.25) is 0 Å². The minimum absolute atomic E-state index is 0.0286. The number of hydrogen-bond acceptors (Lipinski definition) is 4. The summed E-state index contributed by atoms with van der Waals surface area (Å²) in [6.45, 7) is 2.98. The molecule has 0 radical (unpaired) electrons. The van der Waals surface area contributed by atoms with Gasteiger partial charge >= 0.3 is 0 Å². The van der Waals surface area contributed by atoms with Crippen LogP contribution in [0.15, 0.2) is 24.3 Å². The van der Waals surface area contributed by atoms with Crippen LogP contribution in [0, 0.1) is 0 Å². The molecule has 1 aromatic carbocycles. The molecule has 2 rings (SSSR count). The lowest BCUT2D eigenvalue weighted by atomic mass is 9.73. The summed E-state index contributed by atoms with van der Waals surface area (Å²) in [6, 6.07) is 7.94. The summed E-state index contributed by atoms with van der Waals surface area (Å²) in [5, 5.41) is 10.0. The van der Waals surface area contributed by atoms with E-state index in [0.29, 0.717) is 13.4 Å². The highest BCUT2D eigenvalue weighted by Gasteiger charge is 2.41. The molecule has 0 heterocycles. The van der Waals surface area contributed by atoms with E-state index in [1.54, 1.807) is 7.11 Å². The van der Waals surface area contributed by atoms with E-state index in [1.165, 1.54) is 6.42 Å². The molecule has 1 aliphatic carbocycles. The Morgan fingerprint density at radius 1 is 1.14 bits per heavy atom. The van der Waals surface area contributed by atoms with Crippen LogP contribution in [0.1, 0.15) is 50.5 Å². The third-order valence-corrected chi connectivity index (χ3v) is 4.67. The molecule has 1 atom stereocenters. The maximum absolute atomic E-state index is 10.0. The first-order valence-corrected chi connectivity index (χ1v) is 8.22. The van der Waals surface area contributed by atoms with Crippen molar-refractivity contribution in [3.05, 3.63) is 29.8 Å². The number of hydrogen-bond donors (Lipinski definition) is 1. The molecule has 0 bridgehead atoms. The molecule has 1 N–H and O–H groups in total. The Balaban J connectivity index is 2.20. The fraction of sp³-hybridized carbons (Fsp3) is 0.667. The van der Waals surface area contributed by atoms with Gasteiger partial charge < -0.3 is 19.3 Å². The Bertz CT molecular complexity index is 423. The van der Waals surface area contributed by atoms with E-state index in [4.69, 9.17) is 14.2 Å². The molecule has 0 unspecified atom stereocenters. The zero-order chi connectivity index (χ0) is 15.8. The van der Waals surface area contributed by atoms with Gasteiger partial charge in [0.25, 0.3) is 0 Å². The standard InChI is InChI=1S/C18H28O4/c1-3-21-14-22-18(11-5-4-6-12-18)17(13-19)15-7-9-16(20-2)10-8-15/h7-10,17,19H,3-6,11-14H2,1-2H3/t17-/m1/s1. The molecule has 1 fully saturated rings. The summed E-state index contributed by atoms with van der Waals surface area (Å²) in [4.78, 5) is 0. The normalized spacial score (nSPS) is 18.9. The summed E-state index contributed by atoms with van der Waals surface area (Å²) >= 11 is 0. The molecule has 1 saturated carbocycles. The predicted octanol–water partition coefficient (Wildman–Crippen LogP) is 3.48. The van der Waals surface area contributed by atoms with Crippen molar-refractivity contribution in [1.82, 2.24) is 0 Å². The van der Waals surface area contributed by atoms with Crippen LogP contribution in [0.4, 0.5) is 0 Å². The summed E-state index contributed by atoms with van der Waals surface area (Å²) in [7, 11) is 1.66. The maximum atomic E-state index is 10.0. The van der Waals surface area contributed by atoms with Crippen LogP contribution < -0.4 is 4.74 Å². The van der Waals surface area contributed by atoms with Crippen LogP contribution in [0.25, 0.3) is 0 Å². The number of aliphatic hydroxyl groups excluding tert-OH is 1. The Morgan fingerprint density at radius 3 is 2.36 bits per heavy atom. The van der Waals surface area contributed by atoms with Crippen molar-refractivity contribution in [1.29, 1.82) is 0 Å². The zero-order valence-corrected chi connectivity index (χ0v) is 13.7. The number of methoxy groups -OCH3 is 1.